The van der Waals surface area contributed by atoms with E-state index in [0.717, 1.165) is 5.06 Å². The molecule has 0 saturated heterocycles. The lowest BCUT2D eigenvalue weighted by Crippen LogP contribution is -2.26. The molecule has 1 amide bonds. The predicted molar refractivity (Wildman–Crippen MR) is 66.7 cm³/mol. The third-order valence-corrected chi connectivity index (χ3v) is 3.08. The van der Waals surface area contributed by atoms with Crippen molar-refractivity contribution in [1.82, 2.24) is 14.4 Å². The van der Waals surface area contributed by atoms with Crippen LogP contribution in [0.3, 0.4) is 0 Å². The van der Waals surface area contributed by atoms with Crippen LogP contribution in [-0.2, 0) is 4.84 Å². The van der Waals surface area contributed by atoms with Crippen LogP contribution in [0.2, 0.25) is 0 Å². The second-order valence-electron chi connectivity index (χ2n) is 3.73. The fourth-order valence-corrected chi connectivity index (χ4v) is 2.03. The molecule has 0 radical (unpaired) electrons. The number of halogens is 2. The first-order valence-corrected chi connectivity index (χ1v) is 5.91. The average Bonchev–Trinajstić information content (AvgIpc) is 2.66. The molecular weight excluding hydrogens is 305 g/mol. The lowest BCUT2D eigenvalue weighted by atomic mass is 10.3. The van der Waals surface area contributed by atoms with Crippen molar-refractivity contribution in [2.45, 2.75) is 6.92 Å². The molecule has 96 valence electrons. The summed E-state index contributed by atoms with van der Waals surface area (Å²) < 4.78 is 15.8. The fourth-order valence-electron chi connectivity index (χ4n) is 1.62. The van der Waals surface area contributed by atoms with Crippen molar-refractivity contribution in [3.8, 4) is 0 Å². The van der Waals surface area contributed by atoms with Gasteiger partial charge >= 0.3 is 0 Å². The minimum atomic E-state index is -0.494. The number of hydrogen-bond donors (Lipinski definition) is 0. The molecule has 0 aromatic carbocycles. The van der Waals surface area contributed by atoms with Gasteiger partial charge in [-0.05, 0) is 28.9 Å². The molecule has 0 fully saturated rings. The molecule has 0 atom stereocenters. The van der Waals surface area contributed by atoms with Crippen LogP contribution in [-0.4, -0.2) is 34.5 Å². The van der Waals surface area contributed by atoms with Gasteiger partial charge in [0.25, 0.3) is 5.91 Å². The zero-order valence-corrected chi connectivity index (χ0v) is 11.7. The largest absolute Gasteiger partial charge is 0.300 e. The highest BCUT2D eigenvalue weighted by atomic mass is 79.9. The van der Waals surface area contributed by atoms with Crippen LogP contribution in [0.15, 0.2) is 16.7 Å². The van der Waals surface area contributed by atoms with Gasteiger partial charge in [-0.15, -0.1) is 0 Å². The average molecular weight is 316 g/mol. The van der Waals surface area contributed by atoms with E-state index in [1.165, 1.54) is 24.6 Å². The van der Waals surface area contributed by atoms with E-state index in [-0.39, 0.29) is 11.3 Å². The highest BCUT2D eigenvalue weighted by Crippen LogP contribution is 2.20. The van der Waals surface area contributed by atoms with Crippen LogP contribution < -0.4 is 0 Å². The Labute approximate surface area is 111 Å². The van der Waals surface area contributed by atoms with Crippen molar-refractivity contribution >= 4 is 27.5 Å². The highest BCUT2D eigenvalue weighted by Gasteiger charge is 2.21. The molecule has 0 aliphatic heterocycles. The first-order valence-electron chi connectivity index (χ1n) is 5.11. The van der Waals surface area contributed by atoms with Crippen LogP contribution in [0.5, 0.6) is 0 Å². The topological polar surface area (TPSA) is 46.8 Å². The van der Waals surface area contributed by atoms with Gasteiger partial charge in [0.05, 0.1) is 12.8 Å². The second-order valence-corrected chi connectivity index (χ2v) is 4.65. The number of hydrogen-bond acceptors (Lipinski definition) is 3. The summed E-state index contributed by atoms with van der Waals surface area (Å²) in [5.74, 6) is -0.916. The Balaban J connectivity index is 2.64. The van der Waals surface area contributed by atoms with Crippen LogP contribution in [0.1, 0.15) is 16.2 Å². The fraction of sp³-hybridized carbons (Fsp3) is 0.273. The number of carbonyl (C=O) groups excluding carboxylic acids is 1. The van der Waals surface area contributed by atoms with Crippen molar-refractivity contribution < 1.29 is 14.0 Å². The van der Waals surface area contributed by atoms with Crippen molar-refractivity contribution in [3.63, 3.8) is 0 Å². The van der Waals surface area contributed by atoms with Gasteiger partial charge < -0.3 is 0 Å². The Morgan fingerprint density at radius 3 is 2.89 bits per heavy atom. The number of imidazole rings is 1. The zero-order chi connectivity index (χ0) is 13.4. The Hall–Kier alpha value is -1.47. The van der Waals surface area contributed by atoms with Gasteiger partial charge in [0.1, 0.15) is 0 Å². The van der Waals surface area contributed by atoms with Crippen molar-refractivity contribution in [1.29, 1.82) is 0 Å². The molecule has 5 nitrogen and oxygen atoms in total. The SMILES string of the molecule is CON(C)C(=O)c1nc2c(F)cc(Br)cn2c1C. The van der Waals surface area contributed by atoms with Crippen LogP contribution >= 0.6 is 15.9 Å². The van der Waals surface area contributed by atoms with E-state index in [1.54, 1.807) is 13.1 Å². The van der Waals surface area contributed by atoms with E-state index in [2.05, 4.69) is 20.9 Å². The van der Waals surface area contributed by atoms with Crippen LogP contribution in [0.4, 0.5) is 4.39 Å². The summed E-state index contributed by atoms with van der Waals surface area (Å²) in [6.07, 6.45) is 1.66. The van der Waals surface area contributed by atoms with Gasteiger partial charge in [-0.2, -0.15) is 0 Å². The maximum absolute atomic E-state index is 13.7. The molecule has 0 N–H and O–H groups in total. The summed E-state index contributed by atoms with van der Waals surface area (Å²) in [5.41, 5.74) is 0.832. The summed E-state index contributed by atoms with van der Waals surface area (Å²) >= 11 is 3.20. The molecule has 0 aliphatic rings. The number of amides is 1. The van der Waals surface area contributed by atoms with E-state index in [9.17, 15) is 9.18 Å². The molecule has 2 aromatic rings. The Morgan fingerprint density at radius 2 is 2.28 bits per heavy atom. The summed E-state index contributed by atoms with van der Waals surface area (Å²) in [5, 5.41) is 1.04. The van der Waals surface area contributed by atoms with E-state index in [1.807, 2.05) is 0 Å². The standard InChI is InChI=1S/C11H11BrFN3O2/c1-6-9(11(17)15(2)18-3)14-10-8(13)4-7(12)5-16(6)10/h4-5H,1-3H3. The molecule has 2 heterocycles. The predicted octanol–water partition coefficient (Wildman–Crippen LogP) is 2.18. The van der Waals surface area contributed by atoms with E-state index < -0.39 is 11.7 Å². The third-order valence-electron chi connectivity index (χ3n) is 2.64. The van der Waals surface area contributed by atoms with Gasteiger partial charge in [0.2, 0.25) is 0 Å². The Morgan fingerprint density at radius 1 is 1.61 bits per heavy atom. The normalized spacial score (nSPS) is 10.9. The minimum Gasteiger partial charge on any atom is -0.300 e. The molecule has 0 bridgehead atoms. The number of aryl methyl sites for hydroxylation is 1. The van der Waals surface area contributed by atoms with Gasteiger partial charge in [-0.1, -0.05) is 0 Å². The van der Waals surface area contributed by atoms with Crippen molar-refractivity contribution in [3.05, 3.63) is 33.9 Å². The van der Waals surface area contributed by atoms with Gasteiger partial charge in [-0.25, -0.2) is 14.4 Å². The molecule has 0 saturated carbocycles. The third kappa shape index (κ3) is 1.99. The number of fused-ring (bicyclic) bond motifs is 1. The van der Waals surface area contributed by atoms with E-state index in [0.29, 0.717) is 10.2 Å². The number of pyridine rings is 1. The van der Waals surface area contributed by atoms with E-state index in [4.69, 9.17) is 4.84 Å². The molecule has 0 unspecified atom stereocenters. The summed E-state index contributed by atoms with van der Waals surface area (Å²) in [4.78, 5) is 20.8. The van der Waals surface area contributed by atoms with Gasteiger partial charge in [0.15, 0.2) is 17.2 Å². The summed E-state index contributed by atoms with van der Waals surface area (Å²) in [7, 11) is 2.85. The van der Waals surface area contributed by atoms with Crippen molar-refractivity contribution in [2.24, 2.45) is 0 Å². The number of hydroxylamine groups is 2. The number of carbonyl (C=O) groups is 1. The molecular formula is C11H11BrFN3O2. The molecule has 18 heavy (non-hydrogen) atoms. The van der Waals surface area contributed by atoms with Crippen molar-refractivity contribution in [2.75, 3.05) is 14.2 Å². The van der Waals surface area contributed by atoms with Gasteiger partial charge in [-0.3, -0.25) is 14.0 Å². The summed E-state index contributed by atoms with van der Waals surface area (Å²) in [6.45, 7) is 1.70. The highest BCUT2D eigenvalue weighted by molar-refractivity contribution is 9.10. The monoisotopic (exact) mass is 315 g/mol. The van der Waals surface area contributed by atoms with E-state index >= 15 is 0 Å². The molecule has 0 spiro atoms. The van der Waals surface area contributed by atoms with Crippen LogP contribution in [0.25, 0.3) is 5.65 Å². The smallest absolute Gasteiger partial charge is 0.297 e. The van der Waals surface area contributed by atoms with Gasteiger partial charge in [0, 0.05) is 17.7 Å². The number of aromatic nitrogens is 2. The number of nitrogens with zero attached hydrogens (tertiary/aromatic N) is 3. The molecule has 7 heteroatoms. The Bertz CT molecular complexity index is 626. The maximum Gasteiger partial charge on any atom is 0.297 e. The number of rotatable bonds is 2. The molecule has 0 aliphatic carbocycles. The first-order chi connectivity index (χ1) is 8.45. The lowest BCUT2D eigenvalue weighted by Gasteiger charge is -2.11. The van der Waals surface area contributed by atoms with Crippen LogP contribution in [0, 0.1) is 12.7 Å². The maximum atomic E-state index is 13.7. The molecule has 2 rings (SSSR count). The Kier molecular flexibility index (Phi) is 3.36. The molecule has 2 aromatic heterocycles. The minimum absolute atomic E-state index is 0.114. The lowest BCUT2D eigenvalue weighted by molar-refractivity contribution is -0.0760. The second kappa shape index (κ2) is 4.66. The quantitative estimate of drug-likeness (QED) is 0.798. The zero-order valence-electron chi connectivity index (χ0n) is 10.1. The first kappa shape index (κ1) is 13.0. The summed E-state index contributed by atoms with van der Waals surface area (Å²) in [6, 6.07) is 1.30.